The molecule has 0 aliphatic heterocycles. The summed E-state index contributed by atoms with van der Waals surface area (Å²) < 4.78 is 16.3. The molecule has 0 aliphatic rings. The van der Waals surface area contributed by atoms with Gasteiger partial charge in [0.15, 0.2) is 6.10 Å². The molecule has 0 rings (SSSR count). The van der Waals surface area contributed by atoms with Crippen molar-refractivity contribution in [2.75, 3.05) is 13.2 Å². The molecule has 0 aromatic heterocycles. The summed E-state index contributed by atoms with van der Waals surface area (Å²) in [7, 11) is 0. The maximum Gasteiger partial charge on any atom is 0.310 e. The van der Waals surface area contributed by atoms with Crippen LogP contribution < -0.4 is 0 Å². The molecule has 0 aliphatic carbocycles. The Hall–Kier alpha value is -3.15. The van der Waals surface area contributed by atoms with Crippen molar-refractivity contribution in [2.24, 2.45) is 0 Å². The summed E-state index contributed by atoms with van der Waals surface area (Å²) in [5.74, 6) is -1.21. The molecular formula is C39H62O6. The molecule has 254 valence electrons. The van der Waals surface area contributed by atoms with Gasteiger partial charge in [-0.2, -0.15) is 0 Å². The van der Waals surface area contributed by atoms with Crippen LogP contribution in [0.3, 0.4) is 0 Å². The van der Waals surface area contributed by atoms with E-state index in [1.165, 1.54) is 38.5 Å². The Labute approximate surface area is 274 Å². The van der Waals surface area contributed by atoms with Crippen molar-refractivity contribution in [3.05, 3.63) is 72.9 Å². The highest BCUT2D eigenvalue weighted by Gasteiger charge is 2.18. The third kappa shape index (κ3) is 32.1. The molecule has 0 bridgehead atoms. The molecular weight excluding hydrogens is 564 g/mol. The standard InChI is InChI=1S/C39H62O6/c1-4-7-10-13-16-19-22-25-28-31-37(40)43-34-36(45-39(42)33-30-27-24-21-18-15-12-9-6-3)35-44-38(41)32-29-26-23-20-17-14-11-8-5-2/h7,9-10,12,16,18-19,21,25,27-28,30,36H,4-6,8,11,13-15,17,20,22-24,26,29,31-35H2,1-3H3/b10-7-,12-9-,19-16-,21-18-,28-25-,30-27-. The quantitative estimate of drug-likeness (QED) is 0.0356. The minimum atomic E-state index is -0.852. The van der Waals surface area contributed by atoms with E-state index in [1.807, 2.05) is 18.2 Å². The zero-order valence-electron chi connectivity index (χ0n) is 28.6. The number of hydrogen-bond donors (Lipinski definition) is 0. The van der Waals surface area contributed by atoms with Gasteiger partial charge in [0.25, 0.3) is 0 Å². The Morgan fingerprint density at radius 2 is 0.867 bits per heavy atom. The van der Waals surface area contributed by atoms with Gasteiger partial charge in [-0.05, 0) is 44.9 Å². The van der Waals surface area contributed by atoms with Crippen LogP contribution in [0.1, 0.15) is 136 Å². The van der Waals surface area contributed by atoms with Crippen LogP contribution in [-0.2, 0) is 28.6 Å². The lowest BCUT2D eigenvalue weighted by Gasteiger charge is -2.17. The van der Waals surface area contributed by atoms with Crippen LogP contribution in [0.5, 0.6) is 0 Å². The second-order valence-corrected chi connectivity index (χ2v) is 11.1. The summed E-state index contributed by atoms with van der Waals surface area (Å²) in [5.41, 5.74) is 0. The first kappa shape index (κ1) is 41.9. The molecule has 45 heavy (non-hydrogen) atoms. The van der Waals surface area contributed by atoms with E-state index in [2.05, 4.69) is 63.3 Å². The SMILES string of the molecule is CC/C=C\C/C=C\C/C=C\CC(=O)OCC(COC(=O)CCCCCCCCCCC)OC(=O)C/C=C\C/C=C\C/C=C\CC. The zero-order chi connectivity index (χ0) is 33.1. The van der Waals surface area contributed by atoms with Gasteiger partial charge in [-0.1, -0.05) is 145 Å². The van der Waals surface area contributed by atoms with Crippen LogP contribution in [0.15, 0.2) is 72.9 Å². The molecule has 6 nitrogen and oxygen atoms in total. The molecule has 1 atom stereocenters. The topological polar surface area (TPSA) is 78.9 Å². The van der Waals surface area contributed by atoms with Gasteiger partial charge in [-0.25, -0.2) is 0 Å². The zero-order valence-corrected chi connectivity index (χ0v) is 28.6. The summed E-state index contributed by atoms with van der Waals surface area (Å²) in [6, 6.07) is 0. The Morgan fingerprint density at radius 1 is 0.467 bits per heavy atom. The Bertz CT molecular complexity index is 908. The monoisotopic (exact) mass is 626 g/mol. The van der Waals surface area contributed by atoms with Crippen molar-refractivity contribution in [3.8, 4) is 0 Å². The number of allylic oxidation sites excluding steroid dienone is 10. The molecule has 0 fully saturated rings. The van der Waals surface area contributed by atoms with Crippen LogP contribution >= 0.6 is 0 Å². The van der Waals surface area contributed by atoms with Crippen molar-refractivity contribution >= 4 is 17.9 Å². The number of rotatable bonds is 29. The Morgan fingerprint density at radius 3 is 1.36 bits per heavy atom. The molecule has 0 spiro atoms. The molecule has 0 N–H and O–H groups in total. The van der Waals surface area contributed by atoms with Gasteiger partial charge in [0.1, 0.15) is 13.2 Å². The first-order chi connectivity index (χ1) is 22.0. The van der Waals surface area contributed by atoms with E-state index in [4.69, 9.17) is 14.2 Å². The lowest BCUT2D eigenvalue weighted by molar-refractivity contribution is -0.166. The highest BCUT2D eigenvalue weighted by molar-refractivity contribution is 5.72. The number of ether oxygens (including phenoxy) is 3. The largest absolute Gasteiger partial charge is 0.462 e. The van der Waals surface area contributed by atoms with Crippen molar-refractivity contribution < 1.29 is 28.6 Å². The van der Waals surface area contributed by atoms with Gasteiger partial charge < -0.3 is 14.2 Å². The minimum absolute atomic E-state index is 0.0882. The van der Waals surface area contributed by atoms with Crippen molar-refractivity contribution in [1.82, 2.24) is 0 Å². The predicted octanol–water partition coefficient (Wildman–Crippen LogP) is 10.4. The van der Waals surface area contributed by atoms with Gasteiger partial charge in [-0.15, -0.1) is 0 Å². The van der Waals surface area contributed by atoms with Gasteiger partial charge in [0.2, 0.25) is 0 Å². The van der Waals surface area contributed by atoms with Crippen molar-refractivity contribution in [1.29, 1.82) is 0 Å². The van der Waals surface area contributed by atoms with Crippen LogP contribution in [0, 0.1) is 0 Å². The number of esters is 3. The third-order valence-electron chi connectivity index (χ3n) is 6.77. The van der Waals surface area contributed by atoms with E-state index in [0.29, 0.717) is 6.42 Å². The fraction of sp³-hybridized carbons (Fsp3) is 0.615. The normalized spacial score (nSPS) is 12.9. The van der Waals surface area contributed by atoms with Crippen LogP contribution in [0.2, 0.25) is 0 Å². The van der Waals surface area contributed by atoms with E-state index in [-0.39, 0.29) is 32.0 Å². The lowest BCUT2D eigenvalue weighted by atomic mass is 10.1. The Kier molecular flexibility index (Phi) is 31.4. The molecule has 0 radical (unpaired) electrons. The Balaban J connectivity index is 4.61. The molecule has 0 aromatic rings. The second kappa shape index (κ2) is 33.7. The lowest BCUT2D eigenvalue weighted by Crippen LogP contribution is -2.30. The summed E-state index contributed by atoms with van der Waals surface area (Å²) in [4.78, 5) is 37.0. The van der Waals surface area contributed by atoms with Crippen LogP contribution in [-0.4, -0.2) is 37.2 Å². The van der Waals surface area contributed by atoms with Crippen LogP contribution in [0.4, 0.5) is 0 Å². The third-order valence-corrected chi connectivity index (χ3v) is 6.77. The second-order valence-electron chi connectivity index (χ2n) is 11.1. The van der Waals surface area contributed by atoms with Gasteiger partial charge >= 0.3 is 17.9 Å². The molecule has 0 heterocycles. The number of carbonyl (C=O) groups excluding carboxylic acids is 3. The summed E-state index contributed by atoms with van der Waals surface area (Å²) in [5, 5.41) is 0. The predicted molar refractivity (Wildman–Crippen MR) is 187 cm³/mol. The van der Waals surface area contributed by atoms with E-state index < -0.39 is 18.0 Å². The molecule has 0 amide bonds. The van der Waals surface area contributed by atoms with Crippen molar-refractivity contribution in [3.63, 3.8) is 0 Å². The highest BCUT2D eigenvalue weighted by Crippen LogP contribution is 2.11. The van der Waals surface area contributed by atoms with E-state index >= 15 is 0 Å². The van der Waals surface area contributed by atoms with Gasteiger partial charge in [-0.3, -0.25) is 14.4 Å². The minimum Gasteiger partial charge on any atom is -0.462 e. The van der Waals surface area contributed by atoms with E-state index in [1.54, 1.807) is 12.2 Å². The average molecular weight is 627 g/mol. The molecule has 0 saturated carbocycles. The summed E-state index contributed by atoms with van der Waals surface area (Å²) >= 11 is 0. The average Bonchev–Trinajstić information content (AvgIpc) is 3.03. The smallest absolute Gasteiger partial charge is 0.310 e. The van der Waals surface area contributed by atoms with Gasteiger partial charge in [0.05, 0.1) is 12.8 Å². The maximum atomic E-state index is 12.5. The molecule has 1 unspecified atom stereocenters. The fourth-order valence-electron chi connectivity index (χ4n) is 4.21. The summed E-state index contributed by atoms with van der Waals surface area (Å²) in [6.07, 6.45) is 39.6. The first-order valence-electron chi connectivity index (χ1n) is 17.4. The number of unbranched alkanes of at least 4 members (excludes halogenated alkanes) is 8. The highest BCUT2D eigenvalue weighted by atomic mass is 16.6. The maximum absolute atomic E-state index is 12.5. The summed E-state index contributed by atoms with van der Waals surface area (Å²) in [6.45, 7) is 6.13. The molecule has 6 heteroatoms. The van der Waals surface area contributed by atoms with E-state index in [0.717, 1.165) is 57.8 Å². The molecule has 0 aromatic carbocycles. The number of hydrogen-bond acceptors (Lipinski definition) is 6. The molecule has 0 saturated heterocycles. The van der Waals surface area contributed by atoms with Crippen molar-refractivity contribution in [2.45, 2.75) is 142 Å². The number of carbonyl (C=O) groups is 3. The van der Waals surface area contributed by atoms with Crippen LogP contribution in [0.25, 0.3) is 0 Å². The van der Waals surface area contributed by atoms with E-state index in [9.17, 15) is 14.4 Å². The fourth-order valence-corrected chi connectivity index (χ4v) is 4.21. The van der Waals surface area contributed by atoms with Gasteiger partial charge in [0, 0.05) is 6.42 Å². The first-order valence-corrected chi connectivity index (χ1v) is 17.4.